The first-order valence-electron chi connectivity index (χ1n) is 10.3. The number of rotatable bonds is 7. The number of phenols is 1. The van der Waals surface area contributed by atoms with E-state index in [0.29, 0.717) is 13.0 Å². The molecule has 2 N–H and O–H groups in total. The largest absolute Gasteiger partial charge is 0.507 e. The van der Waals surface area contributed by atoms with E-state index in [4.69, 9.17) is 9.84 Å². The van der Waals surface area contributed by atoms with Crippen molar-refractivity contribution >= 4 is 10.8 Å². The average molecular weight is 399 g/mol. The molecule has 4 aromatic carbocycles. The van der Waals surface area contributed by atoms with E-state index in [2.05, 4.69) is 24.3 Å². The molecule has 0 unspecified atom stereocenters. The smallest absolute Gasteiger partial charge is 0.131 e. The summed E-state index contributed by atoms with van der Waals surface area (Å²) in [4.78, 5) is 0. The van der Waals surface area contributed by atoms with Crippen LogP contribution in [0.3, 0.4) is 0 Å². The minimum Gasteiger partial charge on any atom is -0.507 e. The van der Waals surface area contributed by atoms with E-state index in [-0.39, 0.29) is 12.4 Å². The van der Waals surface area contributed by atoms with Crippen LogP contribution < -0.4 is 4.74 Å². The van der Waals surface area contributed by atoms with Gasteiger partial charge in [-0.15, -0.1) is 0 Å². The molecule has 0 spiro atoms. The van der Waals surface area contributed by atoms with Crippen molar-refractivity contribution in [1.29, 1.82) is 0 Å². The molecule has 0 radical (unpaired) electrons. The first kappa shape index (κ1) is 20.0. The fourth-order valence-corrected chi connectivity index (χ4v) is 3.86. The van der Waals surface area contributed by atoms with E-state index in [0.717, 1.165) is 50.8 Å². The van der Waals surface area contributed by atoms with Crippen LogP contribution in [0.25, 0.3) is 33.0 Å². The molecule has 3 nitrogen and oxygen atoms in total. The molecule has 0 bridgehead atoms. The zero-order chi connectivity index (χ0) is 20.9. The van der Waals surface area contributed by atoms with Gasteiger partial charge in [-0.25, -0.2) is 0 Å². The van der Waals surface area contributed by atoms with Gasteiger partial charge in [-0.2, -0.15) is 0 Å². The Hall–Kier alpha value is -3.30. The van der Waals surface area contributed by atoms with Crippen molar-refractivity contribution < 1.29 is 14.9 Å². The Morgan fingerprint density at radius 2 is 1.40 bits per heavy atom. The molecule has 0 heterocycles. The monoisotopic (exact) mass is 398 g/mol. The normalized spacial score (nSPS) is 11.0. The standard InChI is InChI=1S/C27H26O3/c1-19-17-24(22-13-8-10-20-9-2-3-11-21(20)22)27(29)25(18-19)23-12-4-5-14-26(23)30-16-7-6-15-28/h2-5,8-14,17-18,28-29H,6-7,15-16H2,1H3. The van der Waals surface area contributed by atoms with Crippen molar-refractivity contribution in [3.05, 3.63) is 84.4 Å². The molecule has 0 saturated heterocycles. The maximum atomic E-state index is 11.3. The highest BCUT2D eigenvalue weighted by Crippen LogP contribution is 2.44. The number of hydrogen-bond acceptors (Lipinski definition) is 3. The summed E-state index contributed by atoms with van der Waals surface area (Å²) in [5.41, 5.74) is 4.52. The Labute approximate surface area is 177 Å². The second-order valence-electron chi connectivity index (χ2n) is 7.51. The molecule has 30 heavy (non-hydrogen) atoms. The van der Waals surface area contributed by atoms with Crippen molar-refractivity contribution in [2.24, 2.45) is 0 Å². The predicted molar refractivity (Wildman–Crippen MR) is 123 cm³/mol. The first-order chi connectivity index (χ1) is 14.7. The topological polar surface area (TPSA) is 49.7 Å². The fourth-order valence-electron chi connectivity index (χ4n) is 3.86. The van der Waals surface area contributed by atoms with Crippen LogP contribution in [0.15, 0.2) is 78.9 Å². The molecule has 4 rings (SSSR count). The van der Waals surface area contributed by atoms with Gasteiger partial charge in [0.1, 0.15) is 11.5 Å². The maximum absolute atomic E-state index is 11.3. The van der Waals surface area contributed by atoms with Crippen molar-refractivity contribution in [1.82, 2.24) is 0 Å². The average Bonchev–Trinajstić information content (AvgIpc) is 2.78. The zero-order valence-corrected chi connectivity index (χ0v) is 17.1. The summed E-state index contributed by atoms with van der Waals surface area (Å²) in [6.07, 6.45) is 1.50. The Bertz CT molecular complexity index is 1160. The molecular formula is C27H26O3. The van der Waals surface area contributed by atoms with Gasteiger partial charge in [0.2, 0.25) is 0 Å². The molecule has 0 aliphatic heterocycles. The second-order valence-corrected chi connectivity index (χ2v) is 7.51. The molecule has 0 aliphatic carbocycles. The van der Waals surface area contributed by atoms with Crippen LogP contribution in [0.2, 0.25) is 0 Å². The van der Waals surface area contributed by atoms with E-state index in [9.17, 15) is 5.11 Å². The third kappa shape index (κ3) is 4.03. The van der Waals surface area contributed by atoms with E-state index in [1.165, 1.54) is 0 Å². The summed E-state index contributed by atoms with van der Waals surface area (Å²) in [5, 5.41) is 22.6. The Morgan fingerprint density at radius 3 is 2.23 bits per heavy atom. The summed E-state index contributed by atoms with van der Waals surface area (Å²) in [5.74, 6) is 0.989. The Kier molecular flexibility index (Phi) is 6.01. The van der Waals surface area contributed by atoms with Crippen molar-refractivity contribution in [2.45, 2.75) is 19.8 Å². The van der Waals surface area contributed by atoms with Crippen molar-refractivity contribution in [3.63, 3.8) is 0 Å². The first-order valence-corrected chi connectivity index (χ1v) is 10.3. The number of aryl methyl sites for hydroxylation is 1. The van der Waals surface area contributed by atoms with E-state index >= 15 is 0 Å². The molecule has 152 valence electrons. The Balaban J connectivity index is 1.82. The SMILES string of the molecule is Cc1cc(-c2ccccc2OCCCCO)c(O)c(-c2cccc3ccccc23)c1. The molecular weight excluding hydrogens is 372 g/mol. The number of fused-ring (bicyclic) bond motifs is 1. The highest BCUT2D eigenvalue weighted by molar-refractivity contribution is 5.99. The maximum Gasteiger partial charge on any atom is 0.131 e. The molecule has 0 aromatic heterocycles. The number of hydrogen-bond donors (Lipinski definition) is 2. The third-order valence-corrected chi connectivity index (χ3v) is 5.32. The van der Waals surface area contributed by atoms with Gasteiger partial charge in [0.15, 0.2) is 0 Å². The van der Waals surface area contributed by atoms with Gasteiger partial charge in [0.25, 0.3) is 0 Å². The molecule has 3 heteroatoms. The van der Waals surface area contributed by atoms with Gasteiger partial charge >= 0.3 is 0 Å². The minimum atomic E-state index is 0.165. The fraction of sp³-hybridized carbons (Fsp3) is 0.185. The Morgan fingerprint density at radius 1 is 0.733 bits per heavy atom. The highest BCUT2D eigenvalue weighted by atomic mass is 16.5. The van der Waals surface area contributed by atoms with Gasteiger partial charge in [-0.3, -0.25) is 0 Å². The van der Waals surface area contributed by atoms with E-state index in [1.807, 2.05) is 61.5 Å². The van der Waals surface area contributed by atoms with Crippen molar-refractivity contribution in [2.75, 3.05) is 13.2 Å². The number of ether oxygens (including phenoxy) is 1. The third-order valence-electron chi connectivity index (χ3n) is 5.32. The second kappa shape index (κ2) is 9.02. The van der Waals surface area contributed by atoms with Crippen LogP contribution >= 0.6 is 0 Å². The molecule has 4 aromatic rings. The van der Waals surface area contributed by atoms with E-state index < -0.39 is 0 Å². The van der Waals surface area contributed by atoms with Crippen LogP contribution in [0.5, 0.6) is 11.5 Å². The lowest BCUT2D eigenvalue weighted by Gasteiger charge is -2.17. The summed E-state index contributed by atoms with van der Waals surface area (Å²) in [6, 6.07) is 26.2. The lowest BCUT2D eigenvalue weighted by molar-refractivity contribution is 0.253. The van der Waals surface area contributed by atoms with Crippen LogP contribution in [-0.4, -0.2) is 23.4 Å². The number of aliphatic hydroxyl groups is 1. The number of unbranched alkanes of at least 4 members (excludes halogenated alkanes) is 1. The minimum absolute atomic E-state index is 0.165. The summed E-state index contributed by atoms with van der Waals surface area (Å²) in [6.45, 7) is 2.74. The van der Waals surface area contributed by atoms with Gasteiger partial charge in [0, 0.05) is 23.3 Å². The summed E-state index contributed by atoms with van der Waals surface area (Å²) < 4.78 is 5.98. The highest BCUT2D eigenvalue weighted by Gasteiger charge is 2.17. The van der Waals surface area contributed by atoms with Gasteiger partial charge in [-0.1, -0.05) is 60.7 Å². The summed E-state index contributed by atoms with van der Waals surface area (Å²) in [7, 11) is 0. The number of aliphatic hydroxyl groups excluding tert-OH is 1. The summed E-state index contributed by atoms with van der Waals surface area (Å²) >= 11 is 0. The number of aromatic hydroxyl groups is 1. The van der Waals surface area contributed by atoms with Crippen LogP contribution in [-0.2, 0) is 0 Å². The predicted octanol–water partition coefficient (Wildman–Crippen LogP) is 6.34. The van der Waals surface area contributed by atoms with E-state index in [1.54, 1.807) is 0 Å². The molecule has 0 saturated carbocycles. The quantitative estimate of drug-likeness (QED) is 0.357. The zero-order valence-electron chi connectivity index (χ0n) is 17.1. The molecule has 0 amide bonds. The number of para-hydroxylation sites is 1. The van der Waals surface area contributed by atoms with Gasteiger partial charge in [-0.05, 0) is 59.9 Å². The van der Waals surface area contributed by atoms with Crippen LogP contribution in [0, 0.1) is 6.92 Å². The molecule has 0 aliphatic rings. The van der Waals surface area contributed by atoms with Crippen molar-refractivity contribution in [3.8, 4) is 33.8 Å². The van der Waals surface area contributed by atoms with Gasteiger partial charge < -0.3 is 14.9 Å². The molecule has 0 fully saturated rings. The number of benzene rings is 4. The van der Waals surface area contributed by atoms with Crippen LogP contribution in [0.1, 0.15) is 18.4 Å². The number of phenolic OH excluding ortho intramolecular Hbond substituents is 1. The lowest BCUT2D eigenvalue weighted by atomic mass is 9.92. The molecule has 0 atom stereocenters. The van der Waals surface area contributed by atoms with Crippen LogP contribution in [0.4, 0.5) is 0 Å². The lowest BCUT2D eigenvalue weighted by Crippen LogP contribution is -2.00. The van der Waals surface area contributed by atoms with Gasteiger partial charge in [0.05, 0.1) is 6.61 Å².